The van der Waals surface area contributed by atoms with Gasteiger partial charge in [-0.2, -0.15) is 0 Å². The molecule has 1 aliphatic carbocycles. The molecule has 1 N–H and O–H groups in total. The summed E-state index contributed by atoms with van der Waals surface area (Å²) in [5, 5.41) is 4.73. The van der Waals surface area contributed by atoms with Gasteiger partial charge in [0, 0.05) is 32.3 Å². The van der Waals surface area contributed by atoms with E-state index in [4.69, 9.17) is 4.98 Å². The average Bonchev–Trinajstić information content (AvgIpc) is 2.78. The van der Waals surface area contributed by atoms with E-state index in [0.717, 1.165) is 33.8 Å². The Hall–Kier alpha value is -0.610. The molecule has 18 heavy (non-hydrogen) atoms. The van der Waals surface area contributed by atoms with Crippen LogP contribution < -0.4 is 5.32 Å². The van der Waals surface area contributed by atoms with Gasteiger partial charge in [0.05, 0.1) is 5.52 Å². The fraction of sp³-hybridized carbons (Fsp3) is 0.357. The quantitative estimate of drug-likeness (QED) is 0.831. The van der Waals surface area contributed by atoms with Crippen molar-refractivity contribution >= 4 is 48.5 Å². The first-order valence-corrected chi connectivity index (χ1v) is 7.83. The van der Waals surface area contributed by atoms with Crippen LogP contribution in [0.15, 0.2) is 21.1 Å². The zero-order valence-electron chi connectivity index (χ0n) is 10.2. The number of aromatic nitrogens is 1. The van der Waals surface area contributed by atoms with Crippen molar-refractivity contribution in [2.24, 2.45) is 0 Å². The van der Waals surface area contributed by atoms with Crippen molar-refractivity contribution in [2.45, 2.75) is 26.2 Å². The summed E-state index contributed by atoms with van der Waals surface area (Å²) >= 11 is 7.18. The van der Waals surface area contributed by atoms with Crippen molar-refractivity contribution < 1.29 is 0 Å². The summed E-state index contributed by atoms with van der Waals surface area (Å²) in [6.45, 7) is 3.08. The minimum atomic E-state index is 0.940. The second-order valence-electron chi connectivity index (χ2n) is 4.58. The van der Waals surface area contributed by atoms with Crippen molar-refractivity contribution in [2.75, 3.05) is 11.9 Å². The number of benzene rings is 1. The second kappa shape index (κ2) is 4.82. The van der Waals surface area contributed by atoms with Gasteiger partial charge in [0.2, 0.25) is 0 Å². The van der Waals surface area contributed by atoms with Gasteiger partial charge in [-0.3, -0.25) is 4.98 Å². The van der Waals surface area contributed by atoms with Gasteiger partial charge in [-0.1, -0.05) is 15.9 Å². The first-order chi connectivity index (χ1) is 8.70. The Balaban J connectivity index is 2.38. The monoisotopic (exact) mass is 368 g/mol. The third-order valence-electron chi connectivity index (χ3n) is 3.39. The molecule has 0 bridgehead atoms. The fourth-order valence-electron chi connectivity index (χ4n) is 2.67. The Bertz CT molecular complexity index is 623. The lowest BCUT2D eigenvalue weighted by Crippen LogP contribution is -2.03. The third kappa shape index (κ3) is 1.95. The van der Waals surface area contributed by atoms with E-state index >= 15 is 0 Å². The minimum Gasteiger partial charge on any atom is -0.384 e. The normalized spacial score (nSPS) is 13.9. The van der Waals surface area contributed by atoms with Gasteiger partial charge >= 0.3 is 0 Å². The first-order valence-electron chi connectivity index (χ1n) is 6.25. The lowest BCUT2D eigenvalue weighted by Gasteiger charge is -2.14. The molecule has 0 amide bonds. The molecule has 0 fully saturated rings. The van der Waals surface area contributed by atoms with Gasteiger partial charge in [0.1, 0.15) is 0 Å². The lowest BCUT2D eigenvalue weighted by atomic mass is 10.1. The number of fused-ring (bicyclic) bond motifs is 2. The molecule has 94 valence electrons. The summed E-state index contributed by atoms with van der Waals surface area (Å²) in [7, 11) is 0. The summed E-state index contributed by atoms with van der Waals surface area (Å²) in [5.41, 5.74) is 5.02. The number of hydrogen-bond acceptors (Lipinski definition) is 2. The van der Waals surface area contributed by atoms with Crippen molar-refractivity contribution in [3.63, 3.8) is 0 Å². The zero-order valence-corrected chi connectivity index (χ0v) is 13.4. The number of rotatable bonds is 2. The smallest absolute Gasteiger partial charge is 0.0869 e. The molecular formula is C14H14Br2N2. The van der Waals surface area contributed by atoms with Crippen molar-refractivity contribution in [1.82, 2.24) is 4.98 Å². The summed E-state index contributed by atoms with van der Waals surface area (Å²) in [6.07, 6.45) is 3.47. The molecule has 0 atom stereocenters. The standard InChI is InChI=1S/C14H14Br2N2/c1-2-17-13-9-4-3-5-12(9)18-14-10(13)6-8(15)7-11(14)16/h6-7H,2-5H2,1H3,(H,17,18). The number of pyridine rings is 1. The molecule has 3 rings (SSSR count). The SMILES string of the molecule is CCNc1c2c(nc3c(Br)cc(Br)cc13)CCC2. The Kier molecular flexibility index (Phi) is 3.32. The Labute approximate surface area is 123 Å². The van der Waals surface area contributed by atoms with Crippen LogP contribution in [0.2, 0.25) is 0 Å². The maximum atomic E-state index is 4.83. The molecule has 2 nitrogen and oxygen atoms in total. The molecule has 1 aliphatic rings. The Morgan fingerprint density at radius 1 is 1.28 bits per heavy atom. The van der Waals surface area contributed by atoms with Crippen LogP contribution in [0.3, 0.4) is 0 Å². The molecule has 4 heteroatoms. The van der Waals surface area contributed by atoms with Crippen LogP contribution >= 0.6 is 31.9 Å². The van der Waals surface area contributed by atoms with Crippen LogP contribution in [0.4, 0.5) is 5.69 Å². The van der Waals surface area contributed by atoms with E-state index < -0.39 is 0 Å². The predicted molar refractivity (Wildman–Crippen MR) is 83.3 cm³/mol. The molecule has 1 heterocycles. The number of anilines is 1. The number of halogens is 2. The van der Waals surface area contributed by atoms with E-state index in [1.807, 2.05) is 0 Å². The van der Waals surface area contributed by atoms with Gasteiger partial charge in [-0.25, -0.2) is 0 Å². The van der Waals surface area contributed by atoms with Crippen LogP contribution in [0.5, 0.6) is 0 Å². The highest BCUT2D eigenvalue weighted by atomic mass is 79.9. The highest BCUT2D eigenvalue weighted by Crippen LogP contribution is 2.38. The van der Waals surface area contributed by atoms with Crippen LogP contribution in [0.1, 0.15) is 24.6 Å². The minimum absolute atomic E-state index is 0.940. The summed E-state index contributed by atoms with van der Waals surface area (Å²) in [6, 6.07) is 4.22. The maximum absolute atomic E-state index is 4.83. The highest BCUT2D eigenvalue weighted by Gasteiger charge is 2.20. The predicted octanol–water partition coefficient (Wildman–Crippen LogP) is 4.68. The van der Waals surface area contributed by atoms with Crippen LogP contribution in [0, 0.1) is 0 Å². The van der Waals surface area contributed by atoms with E-state index in [0.29, 0.717) is 0 Å². The van der Waals surface area contributed by atoms with Gasteiger partial charge in [0.15, 0.2) is 0 Å². The Morgan fingerprint density at radius 2 is 2.11 bits per heavy atom. The molecule has 0 unspecified atom stereocenters. The highest BCUT2D eigenvalue weighted by molar-refractivity contribution is 9.11. The van der Waals surface area contributed by atoms with Gasteiger partial charge in [-0.15, -0.1) is 0 Å². The van der Waals surface area contributed by atoms with Crippen molar-refractivity contribution in [1.29, 1.82) is 0 Å². The molecule has 0 spiro atoms. The topological polar surface area (TPSA) is 24.9 Å². The molecule has 0 radical (unpaired) electrons. The molecule has 1 aromatic carbocycles. The number of nitrogens with one attached hydrogen (secondary N) is 1. The zero-order chi connectivity index (χ0) is 12.7. The number of nitrogens with zero attached hydrogens (tertiary/aromatic N) is 1. The fourth-order valence-corrected chi connectivity index (χ4v) is 3.98. The van der Waals surface area contributed by atoms with Crippen molar-refractivity contribution in [3.8, 4) is 0 Å². The van der Waals surface area contributed by atoms with Crippen LogP contribution in [0.25, 0.3) is 10.9 Å². The first kappa shape index (κ1) is 12.4. The largest absolute Gasteiger partial charge is 0.384 e. The van der Waals surface area contributed by atoms with E-state index in [1.165, 1.54) is 28.8 Å². The molecule has 0 saturated carbocycles. The summed E-state index contributed by atoms with van der Waals surface area (Å²) < 4.78 is 2.14. The van der Waals surface area contributed by atoms with E-state index in [9.17, 15) is 0 Å². The average molecular weight is 370 g/mol. The summed E-state index contributed by atoms with van der Waals surface area (Å²) in [4.78, 5) is 4.83. The van der Waals surface area contributed by atoms with E-state index in [-0.39, 0.29) is 0 Å². The molecule has 0 saturated heterocycles. The van der Waals surface area contributed by atoms with Crippen molar-refractivity contribution in [3.05, 3.63) is 32.3 Å². The summed E-state index contributed by atoms with van der Waals surface area (Å²) in [5.74, 6) is 0. The third-order valence-corrected chi connectivity index (χ3v) is 4.45. The molecule has 2 aromatic rings. The Morgan fingerprint density at radius 3 is 2.89 bits per heavy atom. The molecule has 0 aliphatic heterocycles. The molecule has 1 aromatic heterocycles. The van der Waals surface area contributed by atoms with Crippen LogP contribution in [-0.2, 0) is 12.8 Å². The van der Waals surface area contributed by atoms with E-state index in [2.05, 4.69) is 56.2 Å². The molecular weight excluding hydrogens is 356 g/mol. The van der Waals surface area contributed by atoms with Gasteiger partial charge < -0.3 is 5.32 Å². The van der Waals surface area contributed by atoms with Crippen LogP contribution in [-0.4, -0.2) is 11.5 Å². The van der Waals surface area contributed by atoms with Gasteiger partial charge in [0.25, 0.3) is 0 Å². The van der Waals surface area contributed by atoms with E-state index in [1.54, 1.807) is 0 Å². The van der Waals surface area contributed by atoms with Gasteiger partial charge in [-0.05, 0) is 59.8 Å². The lowest BCUT2D eigenvalue weighted by molar-refractivity contribution is 0.901. The number of aryl methyl sites for hydroxylation is 1. The second-order valence-corrected chi connectivity index (χ2v) is 6.35. The maximum Gasteiger partial charge on any atom is 0.0869 e. The number of hydrogen-bond donors (Lipinski definition) is 1.